The third-order valence-electron chi connectivity index (χ3n) is 4.19. The fourth-order valence-corrected chi connectivity index (χ4v) is 2.57. The number of nitrogens with zero attached hydrogens (tertiary/aromatic N) is 2. The Morgan fingerprint density at radius 1 is 0.885 bits per heavy atom. The molecule has 0 radical (unpaired) electrons. The SMILES string of the molecule is CN(C)C(=O)CCc1cccc(NCC(=O)N(C)Cc2ccccc2)c1. The Morgan fingerprint density at radius 2 is 1.58 bits per heavy atom. The second-order valence-electron chi connectivity index (χ2n) is 6.58. The lowest BCUT2D eigenvalue weighted by atomic mass is 10.1. The summed E-state index contributed by atoms with van der Waals surface area (Å²) in [5.74, 6) is 0.142. The highest BCUT2D eigenvalue weighted by Gasteiger charge is 2.09. The number of benzene rings is 2. The van der Waals surface area contributed by atoms with Crippen LogP contribution in [0.1, 0.15) is 17.5 Å². The molecule has 0 saturated heterocycles. The standard InChI is InChI=1S/C21H27N3O2/c1-23(2)20(25)13-12-17-10-7-11-19(14-17)22-15-21(26)24(3)16-18-8-5-4-6-9-18/h4-11,14,22H,12-13,15-16H2,1-3H3. The summed E-state index contributed by atoms with van der Waals surface area (Å²) in [6.07, 6.45) is 1.17. The minimum absolute atomic E-state index is 0.0297. The molecule has 0 bridgehead atoms. The number of rotatable bonds is 8. The molecule has 1 N–H and O–H groups in total. The van der Waals surface area contributed by atoms with Gasteiger partial charge in [0.15, 0.2) is 0 Å². The lowest BCUT2D eigenvalue weighted by Gasteiger charge is -2.18. The van der Waals surface area contributed by atoms with E-state index < -0.39 is 0 Å². The van der Waals surface area contributed by atoms with Gasteiger partial charge in [-0.3, -0.25) is 9.59 Å². The van der Waals surface area contributed by atoms with E-state index in [2.05, 4.69) is 5.32 Å². The average molecular weight is 353 g/mol. The van der Waals surface area contributed by atoms with Crippen molar-refractivity contribution in [1.82, 2.24) is 9.80 Å². The Morgan fingerprint density at radius 3 is 2.27 bits per heavy atom. The van der Waals surface area contributed by atoms with Gasteiger partial charge in [0, 0.05) is 39.8 Å². The number of likely N-dealkylation sites (N-methyl/N-ethyl adjacent to an activating group) is 1. The maximum atomic E-state index is 12.3. The van der Waals surface area contributed by atoms with Gasteiger partial charge in [0.2, 0.25) is 11.8 Å². The number of aryl methyl sites for hydroxylation is 1. The summed E-state index contributed by atoms with van der Waals surface area (Å²) < 4.78 is 0. The van der Waals surface area contributed by atoms with Crippen molar-refractivity contribution in [1.29, 1.82) is 0 Å². The first-order chi connectivity index (χ1) is 12.5. The molecule has 26 heavy (non-hydrogen) atoms. The monoisotopic (exact) mass is 353 g/mol. The zero-order chi connectivity index (χ0) is 18.9. The van der Waals surface area contributed by atoms with Gasteiger partial charge in [-0.2, -0.15) is 0 Å². The predicted molar refractivity (Wildman–Crippen MR) is 105 cm³/mol. The van der Waals surface area contributed by atoms with Crippen LogP contribution in [-0.2, 0) is 22.6 Å². The molecule has 0 spiro atoms. The molecule has 0 atom stereocenters. The van der Waals surface area contributed by atoms with Crippen molar-refractivity contribution in [2.45, 2.75) is 19.4 Å². The fourth-order valence-electron chi connectivity index (χ4n) is 2.57. The molecule has 0 unspecified atom stereocenters. The second kappa shape index (κ2) is 9.61. The topological polar surface area (TPSA) is 52.7 Å². The third-order valence-corrected chi connectivity index (χ3v) is 4.19. The zero-order valence-corrected chi connectivity index (χ0v) is 15.7. The minimum Gasteiger partial charge on any atom is -0.376 e. The zero-order valence-electron chi connectivity index (χ0n) is 15.7. The number of hydrogen-bond acceptors (Lipinski definition) is 3. The average Bonchev–Trinajstić information content (AvgIpc) is 2.65. The molecule has 0 fully saturated rings. The van der Waals surface area contributed by atoms with E-state index in [0.29, 0.717) is 19.4 Å². The van der Waals surface area contributed by atoms with E-state index in [4.69, 9.17) is 0 Å². The van der Waals surface area contributed by atoms with Crippen LogP contribution in [0.2, 0.25) is 0 Å². The first-order valence-corrected chi connectivity index (χ1v) is 8.76. The molecular weight excluding hydrogens is 326 g/mol. The van der Waals surface area contributed by atoms with Gasteiger partial charge >= 0.3 is 0 Å². The van der Waals surface area contributed by atoms with Crippen LogP contribution in [0.5, 0.6) is 0 Å². The number of carbonyl (C=O) groups is 2. The quantitative estimate of drug-likeness (QED) is 0.794. The van der Waals surface area contributed by atoms with Crippen LogP contribution in [0.3, 0.4) is 0 Å². The normalized spacial score (nSPS) is 10.3. The van der Waals surface area contributed by atoms with Gasteiger partial charge in [0.05, 0.1) is 6.54 Å². The molecule has 0 aliphatic rings. The first-order valence-electron chi connectivity index (χ1n) is 8.76. The van der Waals surface area contributed by atoms with Crippen molar-refractivity contribution in [3.63, 3.8) is 0 Å². The molecule has 0 aliphatic carbocycles. The van der Waals surface area contributed by atoms with E-state index in [1.807, 2.05) is 54.6 Å². The van der Waals surface area contributed by atoms with Crippen molar-refractivity contribution in [2.24, 2.45) is 0 Å². The van der Waals surface area contributed by atoms with E-state index in [9.17, 15) is 9.59 Å². The maximum absolute atomic E-state index is 12.3. The van der Waals surface area contributed by atoms with Crippen molar-refractivity contribution < 1.29 is 9.59 Å². The van der Waals surface area contributed by atoms with Crippen molar-refractivity contribution in [3.8, 4) is 0 Å². The summed E-state index contributed by atoms with van der Waals surface area (Å²) in [6, 6.07) is 17.8. The van der Waals surface area contributed by atoms with E-state index in [0.717, 1.165) is 16.8 Å². The summed E-state index contributed by atoms with van der Waals surface area (Å²) in [6.45, 7) is 0.831. The number of nitrogens with one attached hydrogen (secondary N) is 1. The van der Waals surface area contributed by atoms with Crippen molar-refractivity contribution in [3.05, 3.63) is 65.7 Å². The summed E-state index contributed by atoms with van der Waals surface area (Å²) >= 11 is 0. The molecule has 0 saturated carbocycles. The first kappa shape index (κ1) is 19.5. The Hall–Kier alpha value is -2.82. The highest BCUT2D eigenvalue weighted by Crippen LogP contribution is 2.13. The highest BCUT2D eigenvalue weighted by molar-refractivity contribution is 5.80. The van der Waals surface area contributed by atoms with Crippen LogP contribution in [0.25, 0.3) is 0 Å². The summed E-state index contributed by atoms with van der Waals surface area (Å²) in [7, 11) is 5.33. The van der Waals surface area contributed by atoms with Gasteiger partial charge in [-0.1, -0.05) is 42.5 Å². The molecule has 2 rings (SSSR count). The molecule has 2 aromatic rings. The number of carbonyl (C=O) groups excluding carboxylic acids is 2. The van der Waals surface area contributed by atoms with Crippen LogP contribution in [0.15, 0.2) is 54.6 Å². The van der Waals surface area contributed by atoms with Crippen LogP contribution in [-0.4, -0.2) is 49.3 Å². The predicted octanol–water partition coefficient (Wildman–Crippen LogP) is 2.78. The smallest absolute Gasteiger partial charge is 0.241 e. The van der Waals surface area contributed by atoms with Gasteiger partial charge in [-0.05, 0) is 29.7 Å². The Balaban J connectivity index is 1.83. The van der Waals surface area contributed by atoms with E-state index in [1.165, 1.54) is 0 Å². The molecular formula is C21H27N3O2. The summed E-state index contributed by atoms with van der Waals surface area (Å²) in [4.78, 5) is 27.3. The molecule has 5 heteroatoms. The van der Waals surface area contributed by atoms with Crippen molar-refractivity contribution in [2.75, 3.05) is 33.0 Å². The maximum Gasteiger partial charge on any atom is 0.241 e. The van der Waals surface area contributed by atoms with Gasteiger partial charge in [0.1, 0.15) is 0 Å². The Labute approximate surface area is 155 Å². The van der Waals surface area contributed by atoms with Crippen LogP contribution < -0.4 is 5.32 Å². The van der Waals surface area contributed by atoms with E-state index in [1.54, 1.807) is 30.9 Å². The lowest BCUT2D eigenvalue weighted by molar-refractivity contribution is -0.129. The molecule has 2 aromatic carbocycles. The van der Waals surface area contributed by atoms with Gasteiger partial charge in [0.25, 0.3) is 0 Å². The summed E-state index contributed by atoms with van der Waals surface area (Å²) in [5, 5.41) is 3.18. The number of hydrogen-bond donors (Lipinski definition) is 1. The molecule has 0 aliphatic heterocycles. The molecule has 0 heterocycles. The third kappa shape index (κ3) is 6.24. The van der Waals surface area contributed by atoms with Gasteiger partial charge < -0.3 is 15.1 Å². The van der Waals surface area contributed by atoms with Gasteiger partial charge in [-0.25, -0.2) is 0 Å². The molecule has 138 valence electrons. The Kier molecular flexibility index (Phi) is 7.21. The fraction of sp³-hybridized carbons (Fsp3) is 0.333. The van der Waals surface area contributed by atoms with Crippen molar-refractivity contribution >= 4 is 17.5 Å². The summed E-state index contributed by atoms with van der Waals surface area (Å²) in [5.41, 5.74) is 3.08. The van der Waals surface area contributed by atoms with Crippen LogP contribution >= 0.6 is 0 Å². The van der Waals surface area contributed by atoms with Crippen LogP contribution in [0.4, 0.5) is 5.69 Å². The minimum atomic E-state index is 0.0297. The van der Waals surface area contributed by atoms with Crippen LogP contribution in [0, 0.1) is 0 Å². The lowest BCUT2D eigenvalue weighted by Crippen LogP contribution is -2.31. The number of anilines is 1. The largest absolute Gasteiger partial charge is 0.376 e. The number of amides is 2. The second-order valence-corrected chi connectivity index (χ2v) is 6.58. The molecule has 2 amide bonds. The van der Waals surface area contributed by atoms with E-state index in [-0.39, 0.29) is 18.4 Å². The van der Waals surface area contributed by atoms with Gasteiger partial charge in [-0.15, -0.1) is 0 Å². The molecule has 0 aromatic heterocycles. The highest BCUT2D eigenvalue weighted by atomic mass is 16.2. The Bertz CT molecular complexity index is 729. The molecule has 5 nitrogen and oxygen atoms in total. The van der Waals surface area contributed by atoms with E-state index >= 15 is 0 Å².